The average Bonchev–Trinajstić information content (AvgIpc) is 2.79. The lowest BCUT2D eigenvalue weighted by atomic mass is 9.95. The molecule has 1 unspecified atom stereocenters. The molecule has 0 spiro atoms. The van der Waals surface area contributed by atoms with Crippen molar-refractivity contribution in [3.63, 3.8) is 0 Å². The molecule has 0 saturated carbocycles. The zero-order valence-corrected chi connectivity index (χ0v) is 18.3. The summed E-state index contributed by atoms with van der Waals surface area (Å²) in [4.78, 5) is 16.9. The Morgan fingerprint density at radius 2 is 1.77 bits per heavy atom. The number of esters is 1. The minimum atomic E-state index is -0.890. The summed E-state index contributed by atoms with van der Waals surface area (Å²) in [5, 5.41) is 21.8. The molecule has 6 heteroatoms. The van der Waals surface area contributed by atoms with Gasteiger partial charge in [-0.05, 0) is 24.6 Å². The summed E-state index contributed by atoms with van der Waals surface area (Å²) in [5.74, 6) is -0.471. The van der Waals surface area contributed by atoms with Crippen LogP contribution in [0, 0.1) is 0 Å². The molecule has 2 N–H and O–H groups in total. The Hall–Kier alpha value is -2.67. The maximum absolute atomic E-state index is 12.8. The van der Waals surface area contributed by atoms with E-state index in [1.165, 1.54) is 5.56 Å². The van der Waals surface area contributed by atoms with Crippen LogP contribution in [0.1, 0.15) is 37.6 Å². The van der Waals surface area contributed by atoms with Gasteiger partial charge in [-0.25, -0.2) is 4.79 Å². The third kappa shape index (κ3) is 5.73. The second kappa shape index (κ2) is 11.1. The lowest BCUT2D eigenvalue weighted by Crippen LogP contribution is -2.51. The molecule has 31 heavy (non-hydrogen) atoms. The van der Waals surface area contributed by atoms with E-state index in [-0.39, 0.29) is 17.9 Å². The average molecular weight is 425 g/mol. The Balaban J connectivity index is 1.92. The number of carbonyl (C=O) groups is 1. The molecule has 0 bridgehead atoms. The molecule has 0 fully saturated rings. The molecule has 1 aliphatic rings. The Bertz CT molecular complexity index is 870. The van der Waals surface area contributed by atoms with Crippen LogP contribution < -0.4 is 0 Å². The van der Waals surface area contributed by atoms with E-state index >= 15 is 0 Å². The van der Waals surface area contributed by atoms with E-state index in [0.29, 0.717) is 26.1 Å². The van der Waals surface area contributed by atoms with Gasteiger partial charge in [0, 0.05) is 26.1 Å². The van der Waals surface area contributed by atoms with Crippen LogP contribution in [0.15, 0.2) is 72.0 Å². The van der Waals surface area contributed by atoms with Gasteiger partial charge in [0.15, 0.2) is 0 Å². The van der Waals surface area contributed by atoms with Crippen LogP contribution in [-0.4, -0.2) is 58.3 Å². The number of ether oxygens (including phenoxy) is 1. The highest BCUT2D eigenvalue weighted by atomic mass is 16.5. The fraction of sp³-hybridized carbons (Fsp3) is 0.400. The standard InChI is InChI=1S/C25H32N2O4/c1-3-26(17-19-11-7-5-8-12-19)18-21-23(25(30)31-4-2)22(28)15-16-27(21)24(29)20-13-9-6-10-14-20/h5-14,21,24,28-29H,3-4,15-18H2,1-2H3/t21-,24?/m1/s1. The molecule has 0 aromatic heterocycles. The summed E-state index contributed by atoms with van der Waals surface area (Å²) in [6, 6.07) is 19.0. The van der Waals surface area contributed by atoms with Crippen LogP contribution >= 0.6 is 0 Å². The van der Waals surface area contributed by atoms with E-state index < -0.39 is 18.2 Å². The molecular weight excluding hydrogens is 392 g/mol. The molecule has 0 aliphatic carbocycles. The van der Waals surface area contributed by atoms with E-state index in [0.717, 1.165) is 12.1 Å². The van der Waals surface area contributed by atoms with Gasteiger partial charge in [0.25, 0.3) is 0 Å². The fourth-order valence-corrected chi connectivity index (χ4v) is 4.04. The summed E-state index contributed by atoms with van der Waals surface area (Å²) < 4.78 is 5.27. The molecule has 0 saturated heterocycles. The van der Waals surface area contributed by atoms with Crippen molar-refractivity contribution in [3.05, 3.63) is 83.1 Å². The van der Waals surface area contributed by atoms with Gasteiger partial charge in [0.05, 0.1) is 18.2 Å². The van der Waals surface area contributed by atoms with Gasteiger partial charge in [-0.3, -0.25) is 9.80 Å². The maximum Gasteiger partial charge on any atom is 0.339 e. The fourth-order valence-electron chi connectivity index (χ4n) is 4.04. The van der Waals surface area contributed by atoms with Gasteiger partial charge >= 0.3 is 5.97 Å². The number of aliphatic hydroxyl groups excluding tert-OH is 2. The molecule has 2 aromatic carbocycles. The predicted molar refractivity (Wildman–Crippen MR) is 120 cm³/mol. The molecule has 0 amide bonds. The lowest BCUT2D eigenvalue weighted by molar-refractivity contribution is -0.141. The quantitative estimate of drug-likeness (QED) is 0.599. The van der Waals surface area contributed by atoms with Crippen LogP contribution in [0.3, 0.4) is 0 Å². The smallest absolute Gasteiger partial charge is 0.339 e. The van der Waals surface area contributed by atoms with Crippen LogP contribution in [0.5, 0.6) is 0 Å². The first-order chi connectivity index (χ1) is 15.0. The zero-order valence-electron chi connectivity index (χ0n) is 18.3. The zero-order chi connectivity index (χ0) is 22.2. The number of nitrogens with zero attached hydrogens (tertiary/aromatic N) is 2. The van der Waals surface area contributed by atoms with Crippen molar-refractivity contribution in [2.45, 2.75) is 39.1 Å². The van der Waals surface area contributed by atoms with Gasteiger partial charge in [0.2, 0.25) is 0 Å². The van der Waals surface area contributed by atoms with Gasteiger partial charge in [-0.1, -0.05) is 67.6 Å². The van der Waals surface area contributed by atoms with Gasteiger partial charge in [-0.2, -0.15) is 0 Å². The highest BCUT2D eigenvalue weighted by Crippen LogP contribution is 2.31. The van der Waals surface area contributed by atoms with E-state index in [4.69, 9.17) is 4.74 Å². The Labute approximate surface area is 184 Å². The van der Waals surface area contributed by atoms with Crippen LogP contribution in [0.4, 0.5) is 0 Å². The number of rotatable bonds is 9. The summed E-state index contributed by atoms with van der Waals surface area (Å²) in [6.07, 6.45) is -0.599. The highest BCUT2D eigenvalue weighted by Gasteiger charge is 2.39. The number of aliphatic hydroxyl groups is 2. The number of benzene rings is 2. The molecule has 2 atom stereocenters. The normalized spacial score (nSPS) is 18.3. The minimum absolute atomic E-state index is 0.0516. The summed E-state index contributed by atoms with van der Waals surface area (Å²) in [6.45, 7) is 6.43. The summed E-state index contributed by atoms with van der Waals surface area (Å²) in [7, 11) is 0. The number of carbonyl (C=O) groups excluding carboxylic acids is 1. The topological polar surface area (TPSA) is 73.2 Å². The Morgan fingerprint density at radius 1 is 1.13 bits per heavy atom. The maximum atomic E-state index is 12.8. The number of hydrogen-bond acceptors (Lipinski definition) is 6. The minimum Gasteiger partial charge on any atom is -0.512 e. The molecule has 0 radical (unpaired) electrons. The first-order valence-electron chi connectivity index (χ1n) is 10.9. The SMILES string of the molecule is CCOC(=O)C1=C(O)CCN(C(O)c2ccccc2)[C@@H]1CN(CC)Cc1ccccc1. The van der Waals surface area contributed by atoms with Crippen LogP contribution in [-0.2, 0) is 16.1 Å². The van der Waals surface area contributed by atoms with Crippen LogP contribution in [0.2, 0.25) is 0 Å². The lowest BCUT2D eigenvalue weighted by Gasteiger charge is -2.41. The van der Waals surface area contributed by atoms with Gasteiger partial charge in [0.1, 0.15) is 12.0 Å². The van der Waals surface area contributed by atoms with Crippen molar-refractivity contribution >= 4 is 5.97 Å². The molecule has 6 nitrogen and oxygen atoms in total. The number of likely N-dealkylation sites (N-methyl/N-ethyl adjacent to an activating group) is 1. The Morgan fingerprint density at radius 3 is 2.39 bits per heavy atom. The first-order valence-corrected chi connectivity index (χ1v) is 10.9. The van der Waals surface area contributed by atoms with Crippen molar-refractivity contribution in [2.75, 3.05) is 26.2 Å². The monoisotopic (exact) mass is 424 g/mol. The van der Waals surface area contributed by atoms with Crippen molar-refractivity contribution in [3.8, 4) is 0 Å². The first kappa shape index (κ1) is 23.0. The molecule has 1 aliphatic heterocycles. The van der Waals surface area contributed by atoms with E-state index in [9.17, 15) is 15.0 Å². The van der Waals surface area contributed by atoms with Crippen molar-refractivity contribution in [1.82, 2.24) is 9.80 Å². The molecule has 3 rings (SSSR count). The summed E-state index contributed by atoms with van der Waals surface area (Å²) in [5.41, 5.74) is 2.17. The van der Waals surface area contributed by atoms with E-state index in [2.05, 4.69) is 24.0 Å². The molecule has 1 heterocycles. The third-order valence-corrected chi connectivity index (χ3v) is 5.69. The molecule has 2 aromatic rings. The Kier molecular flexibility index (Phi) is 8.23. The largest absolute Gasteiger partial charge is 0.512 e. The van der Waals surface area contributed by atoms with E-state index in [1.54, 1.807) is 6.92 Å². The van der Waals surface area contributed by atoms with Crippen molar-refractivity contribution in [2.24, 2.45) is 0 Å². The predicted octanol–water partition coefficient (Wildman–Crippen LogP) is 3.65. The van der Waals surface area contributed by atoms with Gasteiger partial charge in [-0.15, -0.1) is 0 Å². The number of hydrogen-bond donors (Lipinski definition) is 2. The highest BCUT2D eigenvalue weighted by molar-refractivity contribution is 5.90. The van der Waals surface area contributed by atoms with Crippen LogP contribution in [0.25, 0.3) is 0 Å². The van der Waals surface area contributed by atoms with Crippen molar-refractivity contribution < 1.29 is 19.7 Å². The van der Waals surface area contributed by atoms with Crippen molar-refractivity contribution in [1.29, 1.82) is 0 Å². The second-order valence-corrected chi connectivity index (χ2v) is 7.68. The molecule has 166 valence electrons. The third-order valence-electron chi connectivity index (χ3n) is 5.69. The molecular formula is C25H32N2O4. The summed E-state index contributed by atoms with van der Waals surface area (Å²) >= 11 is 0. The van der Waals surface area contributed by atoms with E-state index in [1.807, 2.05) is 53.4 Å². The second-order valence-electron chi connectivity index (χ2n) is 7.68. The van der Waals surface area contributed by atoms with Gasteiger partial charge < -0.3 is 14.9 Å².